The lowest BCUT2D eigenvalue weighted by Gasteiger charge is -2.39. The van der Waals surface area contributed by atoms with E-state index in [-0.39, 0.29) is 47.8 Å². The Morgan fingerprint density at radius 3 is 2.67 bits per heavy atom. The number of aromatic amines is 2. The van der Waals surface area contributed by atoms with E-state index in [1.807, 2.05) is 46.0 Å². The van der Waals surface area contributed by atoms with E-state index in [2.05, 4.69) is 51.5 Å². The van der Waals surface area contributed by atoms with E-state index in [4.69, 9.17) is 10.5 Å². The monoisotopic (exact) mass is 535 g/mol. The first-order valence-electron chi connectivity index (χ1n) is 13.8. The van der Waals surface area contributed by atoms with E-state index in [9.17, 15) is 15.0 Å². The van der Waals surface area contributed by atoms with Crippen LogP contribution in [0.25, 0.3) is 6.08 Å². The summed E-state index contributed by atoms with van der Waals surface area (Å²) in [7, 11) is 2.04. The molecule has 7 N–H and O–H groups in total. The molecule has 3 unspecified atom stereocenters. The van der Waals surface area contributed by atoms with Crippen LogP contribution in [0.15, 0.2) is 46.1 Å². The summed E-state index contributed by atoms with van der Waals surface area (Å²) in [5.74, 6) is -1.12. The lowest BCUT2D eigenvalue weighted by molar-refractivity contribution is -0.122. The normalized spacial score (nSPS) is 31.8. The molecule has 1 amide bonds. The molecule has 2 aliphatic heterocycles. The van der Waals surface area contributed by atoms with Gasteiger partial charge in [0, 0.05) is 58.9 Å². The highest BCUT2D eigenvalue weighted by Gasteiger charge is 2.74. The molecule has 0 radical (unpaired) electrons. The summed E-state index contributed by atoms with van der Waals surface area (Å²) in [5, 5.41) is 16.2. The molecule has 3 heterocycles. The van der Waals surface area contributed by atoms with Crippen molar-refractivity contribution >= 4 is 17.7 Å². The largest absolute Gasteiger partial charge is 0.372 e. The standard InChI is InChI=1S/C29H41N7O3/c1-14(2)36(6)26-24-23(25(30)16(4)13-39-22-10-15(3)9-17(5)32-22)29(24,27(31)37)12-21(33-26)18-7-8-19-20(11-18)35-28(38)34-19/h7-10,12,14,16,18,22-24,26,30,32-33H,11,13H2,1-6H3,(H2,31,37)(H2,34,35,38)/t16-,18+,22?,23?,24+,26-,29?/m0/s1. The van der Waals surface area contributed by atoms with Crippen LogP contribution >= 0.6 is 0 Å². The molecule has 1 aromatic heterocycles. The van der Waals surface area contributed by atoms with E-state index in [1.165, 1.54) is 0 Å². The van der Waals surface area contributed by atoms with Crippen LogP contribution in [0.4, 0.5) is 0 Å². The zero-order valence-corrected chi connectivity index (χ0v) is 23.6. The highest BCUT2D eigenvalue weighted by atomic mass is 16.5. The Kier molecular flexibility index (Phi) is 6.97. The first kappa shape index (κ1) is 27.2. The fourth-order valence-corrected chi connectivity index (χ4v) is 6.47. The molecular formula is C29H41N7O3. The second kappa shape index (κ2) is 9.98. The molecule has 5 rings (SSSR count). The Labute approximate surface area is 229 Å². The van der Waals surface area contributed by atoms with Gasteiger partial charge >= 0.3 is 5.69 Å². The summed E-state index contributed by atoms with van der Waals surface area (Å²) in [6, 6.07) is 0.210. The quantitative estimate of drug-likeness (QED) is 0.267. The number of imidazole rings is 1. The molecule has 0 bridgehead atoms. The van der Waals surface area contributed by atoms with Gasteiger partial charge in [-0.3, -0.25) is 9.69 Å². The van der Waals surface area contributed by atoms with Crippen LogP contribution in [-0.4, -0.2) is 58.6 Å². The van der Waals surface area contributed by atoms with Gasteiger partial charge in [-0.2, -0.15) is 0 Å². The van der Waals surface area contributed by atoms with Crippen molar-refractivity contribution in [1.82, 2.24) is 25.5 Å². The zero-order valence-electron chi connectivity index (χ0n) is 23.6. The second-order valence-corrected chi connectivity index (χ2v) is 11.9. The van der Waals surface area contributed by atoms with Gasteiger partial charge in [0.05, 0.1) is 23.9 Å². The molecule has 0 aromatic carbocycles. The summed E-state index contributed by atoms with van der Waals surface area (Å²) in [6.07, 6.45) is 10.2. The number of primary amides is 1. The summed E-state index contributed by atoms with van der Waals surface area (Å²) in [4.78, 5) is 33.0. The Balaban J connectivity index is 1.41. The summed E-state index contributed by atoms with van der Waals surface area (Å²) < 4.78 is 6.13. The van der Waals surface area contributed by atoms with E-state index < -0.39 is 11.3 Å². The minimum Gasteiger partial charge on any atom is -0.372 e. The first-order chi connectivity index (χ1) is 18.4. The molecule has 210 valence electrons. The van der Waals surface area contributed by atoms with Crippen molar-refractivity contribution in [3.8, 4) is 0 Å². The Morgan fingerprint density at radius 1 is 1.26 bits per heavy atom. The van der Waals surface area contributed by atoms with E-state index in [0.29, 0.717) is 18.7 Å². The number of nitrogens with zero attached hydrogens (tertiary/aromatic N) is 1. The number of amides is 1. The van der Waals surface area contributed by atoms with Gasteiger partial charge in [0.25, 0.3) is 0 Å². The predicted octanol–water partition coefficient (Wildman–Crippen LogP) is 2.21. The number of carbonyl (C=O) groups is 1. The fraction of sp³-hybridized carbons (Fsp3) is 0.552. The number of dihydropyridines is 1. The van der Waals surface area contributed by atoms with Gasteiger partial charge in [0.2, 0.25) is 5.91 Å². The average Bonchev–Trinajstić information content (AvgIpc) is 3.42. The number of H-pyrrole nitrogens is 2. The molecule has 7 atom stereocenters. The highest BCUT2D eigenvalue weighted by Crippen LogP contribution is 2.65. The maximum atomic E-state index is 13.2. The summed E-state index contributed by atoms with van der Waals surface area (Å²) in [5.41, 5.74) is 10.2. The molecule has 2 aliphatic carbocycles. The third-order valence-corrected chi connectivity index (χ3v) is 8.82. The maximum absolute atomic E-state index is 13.2. The van der Waals surface area contributed by atoms with Crippen LogP contribution in [0.3, 0.4) is 0 Å². The van der Waals surface area contributed by atoms with Crippen LogP contribution in [0.2, 0.25) is 0 Å². The third kappa shape index (κ3) is 4.80. The Morgan fingerprint density at radius 2 is 2.00 bits per heavy atom. The van der Waals surface area contributed by atoms with Crippen molar-refractivity contribution in [3.63, 3.8) is 0 Å². The SMILES string of the molecule is CC1=CC(OC[C@H](C)C(=N)C2[C@@H]3[C@H](N(C)C(C)C)NC([C@@H]4C=Cc5[nH]c(=O)[nH]c5C4)=CC23C(N)=O)NC(C)=C1. The van der Waals surface area contributed by atoms with Crippen molar-refractivity contribution in [2.75, 3.05) is 13.7 Å². The zero-order chi connectivity index (χ0) is 28.2. The predicted molar refractivity (Wildman–Crippen MR) is 151 cm³/mol. The maximum Gasteiger partial charge on any atom is 0.323 e. The number of allylic oxidation sites excluding steroid dienone is 4. The van der Waals surface area contributed by atoms with Crippen LogP contribution in [-0.2, 0) is 16.0 Å². The number of nitrogens with one attached hydrogen (secondary N) is 5. The molecule has 1 saturated carbocycles. The first-order valence-corrected chi connectivity index (χ1v) is 13.8. The van der Waals surface area contributed by atoms with Crippen molar-refractivity contribution in [3.05, 3.63) is 63.1 Å². The number of nitrogens with two attached hydrogens (primary N) is 1. The minimum atomic E-state index is -0.946. The molecule has 0 spiro atoms. The number of hydrogen-bond donors (Lipinski definition) is 6. The van der Waals surface area contributed by atoms with Gasteiger partial charge < -0.3 is 36.5 Å². The van der Waals surface area contributed by atoms with Gasteiger partial charge in [-0.25, -0.2) is 4.79 Å². The lowest BCUT2D eigenvalue weighted by atomic mass is 9.86. The molecule has 1 fully saturated rings. The van der Waals surface area contributed by atoms with Crippen LogP contribution in [0.5, 0.6) is 0 Å². The van der Waals surface area contributed by atoms with Crippen molar-refractivity contribution in [2.45, 2.75) is 59.5 Å². The lowest BCUT2D eigenvalue weighted by Crippen LogP contribution is -2.53. The van der Waals surface area contributed by atoms with E-state index in [1.54, 1.807) is 0 Å². The number of ether oxygens (including phenoxy) is 1. The van der Waals surface area contributed by atoms with Crippen molar-refractivity contribution in [1.29, 1.82) is 5.41 Å². The molecule has 4 aliphatic rings. The highest BCUT2D eigenvalue weighted by molar-refractivity contribution is 6.01. The van der Waals surface area contributed by atoms with Gasteiger partial charge in [-0.05, 0) is 64.6 Å². The van der Waals surface area contributed by atoms with Crippen LogP contribution < -0.4 is 22.1 Å². The Hall–Kier alpha value is -3.37. The molecule has 10 heteroatoms. The molecular weight excluding hydrogens is 494 g/mol. The topological polar surface area (TPSA) is 152 Å². The Bertz CT molecular complexity index is 1350. The third-order valence-electron chi connectivity index (χ3n) is 8.82. The summed E-state index contributed by atoms with van der Waals surface area (Å²) in [6.45, 7) is 10.6. The van der Waals surface area contributed by atoms with Gasteiger partial charge in [-0.1, -0.05) is 13.0 Å². The fourth-order valence-electron chi connectivity index (χ4n) is 6.47. The van der Waals surface area contributed by atoms with E-state index in [0.717, 1.165) is 28.4 Å². The number of aromatic nitrogens is 2. The summed E-state index contributed by atoms with van der Waals surface area (Å²) >= 11 is 0. The van der Waals surface area contributed by atoms with Crippen molar-refractivity contribution in [2.24, 2.45) is 34.8 Å². The number of rotatable bonds is 9. The number of fused-ring (bicyclic) bond motifs is 2. The smallest absolute Gasteiger partial charge is 0.323 e. The second-order valence-electron chi connectivity index (χ2n) is 11.9. The van der Waals surface area contributed by atoms with Crippen molar-refractivity contribution < 1.29 is 9.53 Å². The van der Waals surface area contributed by atoms with Crippen LogP contribution in [0.1, 0.15) is 46.0 Å². The number of hydrogen-bond acceptors (Lipinski definition) is 7. The van der Waals surface area contributed by atoms with Gasteiger partial charge in [0.1, 0.15) is 6.23 Å². The average molecular weight is 536 g/mol. The molecule has 39 heavy (non-hydrogen) atoms. The van der Waals surface area contributed by atoms with Gasteiger partial charge in [-0.15, -0.1) is 0 Å². The van der Waals surface area contributed by atoms with E-state index >= 15 is 0 Å². The molecule has 10 nitrogen and oxygen atoms in total. The molecule has 0 saturated heterocycles. The molecule has 1 aromatic rings. The van der Waals surface area contributed by atoms with Gasteiger partial charge in [0.15, 0.2) is 0 Å². The number of carbonyl (C=O) groups excluding carboxylic acids is 1. The minimum absolute atomic E-state index is 0.0518. The van der Waals surface area contributed by atoms with Crippen LogP contribution in [0, 0.1) is 34.5 Å².